The summed E-state index contributed by atoms with van der Waals surface area (Å²) < 4.78 is 0. The highest BCUT2D eigenvalue weighted by Crippen LogP contribution is 1.99. The van der Waals surface area contributed by atoms with Crippen molar-refractivity contribution in [2.75, 3.05) is 6.54 Å². The molecule has 0 bridgehead atoms. The van der Waals surface area contributed by atoms with Crippen LogP contribution >= 0.6 is 0 Å². The number of hydrogen-bond donors (Lipinski definition) is 1. The van der Waals surface area contributed by atoms with Gasteiger partial charge in [0.1, 0.15) is 0 Å². The van der Waals surface area contributed by atoms with Crippen molar-refractivity contribution in [1.82, 2.24) is 10.3 Å². The number of amides is 1. The van der Waals surface area contributed by atoms with Gasteiger partial charge in [-0.2, -0.15) is 0 Å². The van der Waals surface area contributed by atoms with Crippen LogP contribution in [0.15, 0.2) is 24.4 Å². The minimum Gasteiger partial charge on any atom is -0.359 e. The Hall–Kier alpha value is -1.38. The molecule has 0 atom stereocenters. The topological polar surface area (TPSA) is 42.0 Å². The van der Waals surface area contributed by atoms with Gasteiger partial charge in [0.15, 0.2) is 0 Å². The Balaban J connectivity index is 2.10. The first-order valence-corrected chi connectivity index (χ1v) is 4.50. The van der Waals surface area contributed by atoms with E-state index in [1.54, 1.807) is 6.20 Å². The third-order valence-corrected chi connectivity index (χ3v) is 1.81. The van der Waals surface area contributed by atoms with Gasteiger partial charge in [0, 0.05) is 18.4 Å². The van der Waals surface area contributed by atoms with E-state index in [4.69, 9.17) is 0 Å². The zero-order chi connectivity index (χ0) is 9.36. The van der Waals surface area contributed by atoms with E-state index in [0.29, 0.717) is 0 Å². The number of carbonyl (C=O) groups excluding carboxylic acids is 1. The fraction of sp³-hybridized carbons (Fsp3) is 0.400. The fourth-order valence-electron chi connectivity index (χ4n) is 1.14. The van der Waals surface area contributed by atoms with Crippen LogP contribution in [-0.4, -0.2) is 17.9 Å². The standard InChI is InChI=1S/C10H14N2O/c13-9-11-7-3-1-5-10-6-2-4-8-12-10/h2,4,6,8-9H,1,3,5,7H2,(H,11,13). The highest BCUT2D eigenvalue weighted by molar-refractivity contribution is 5.45. The number of nitrogens with one attached hydrogen (secondary N) is 1. The molecule has 1 rings (SSSR count). The summed E-state index contributed by atoms with van der Waals surface area (Å²) in [4.78, 5) is 14.1. The Morgan fingerprint density at radius 2 is 2.31 bits per heavy atom. The van der Waals surface area contributed by atoms with Crippen molar-refractivity contribution in [1.29, 1.82) is 0 Å². The number of hydrogen-bond acceptors (Lipinski definition) is 2. The number of aryl methyl sites for hydroxylation is 1. The second-order valence-corrected chi connectivity index (χ2v) is 2.85. The zero-order valence-corrected chi connectivity index (χ0v) is 7.57. The van der Waals surface area contributed by atoms with Crippen LogP contribution in [-0.2, 0) is 11.2 Å². The summed E-state index contributed by atoms with van der Waals surface area (Å²) >= 11 is 0. The predicted octanol–water partition coefficient (Wildman–Crippen LogP) is 1.15. The maximum atomic E-state index is 9.91. The van der Waals surface area contributed by atoms with E-state index in [1.807, 2.05) is 18.2 Å². The van der Waals surface area contributed by atoms with E-state index in [9.17, 15) is 4.79 Å². The average Bonchev–Trinajstić information content (AvgIpc) is 2.19. The van der Waals surface area contributed by atoms with E-state index in [0.717, 1.165) is 37.9 Å². The van der Waals surface area contributed by atoms with Gasteiger partial charge in [-0.05, 0) is 31.4 Å². The second kappa shape index (κ2) is 6.17. The molecule has 1 aromatic rings. The molecule has 0 fully saturated rings. The minimum absolute atomic E-state index is 0.737. The monoisotopic (exact) mass is 178 g/mol. The molecule has 0 radical (unpaired) electrons. The summed E-state index contributed by atoms with van der Waals surface area (Å²) in [6.07, 6.45) is 5.61. The Morgan fingerprint density at radius 3 is 3.00 bits per heavy atom. The van der Waals surface area contributed by atoms with Crippen LogP contribution in [0.5, 0.6) is 0 Å². The summed E-state index contributed by atoms with van der Waals surface area (Å²) in [5.74, 6) is 0. The van der Waals surface area contributed by atoms with E-state index in [1.165, 1.54) is 0 Å². The first-order valence-electron chi connectivity index (χ1n) is 4.50. The number of carbonyl (C=O) groups is 1. The molecule has 1 aromatic heterocycles. The molecule has 70 valence electrons. The van der Waals surface area contributed by atoms with Gasteiger partial charge in [-0.25, -0.2) is 0 Å². The van der Waals surface area contributed by atoms with Gasteiger partial charge in [0.05, 0.1) is 0 Å². The number of aromatic nitrogens is 1. The van der Waals surface area contributed by atoms with Crippen molar-refractivity contribution >= 4 is 6.41 Å². The normalized spacial score (nSPS) is 9.54. The smallest absolute Gasteiger partial charge is 0.207 e. The lowest BCUT2D eigenvalue weighted by molar-refractivity contribution is -0.109. The number of pyridine rings is 1. The molecule has 0 aliphatic heterocycles. The third kappa shape index (κ3) is 4.25. The van der Waals surface area contributed by atoms with Crippen LogP contribution in [0.1, 0.15) is 18.5 Å². The molecule has 13 heavy (non-hydrogen) atoms. The van der Waals surface area contributed by atoms with Gasteiger partial charge >= 0.3 is 0 Å². The van der Waals surface area contributed by atoms with Crippen LogP contribution in [0.4, 0.5) is 0 Å². The van der Waals surface area contributed by atoms with E-state index >= 15 is 0 Å². The third-order valence-electron chi connectivity index (χ3n) is 1.81. The van der Waals surface area contributed by atoms with E-state index in [2.05, 4.69) is 10.3 Å². The molecule has 0 saturated carbocycles. The SMILES string of the molecule is O=CNCCCCc1ccccn1. The van der Waals surface area contributed by atoms with Crippen molar-refractivity contribution in [2.24, 2.45) is 0 Å². The Morgan fingerprint density at radius 1 is 1.38 bits per heavy atom. The van der Waals surface area contributed by atoms with Crippen molar-refractivity contribution in [3.63, 3.8) is 0 Å². The van der Waals surface area contributed by atoms with Gasteiger partial charge in [-0.15, -0.1) is 0 Å². The maximum absolute atomic E-state index is 9.91. The van der Waals surface area contributed by atoms with Gasteiger partial charge in [-0.3, -0.25) is 9.78 Å². The summed E-state index contributed by atoms with van der Waals surface area (Å²) in [6, 6.07) is 5.93. The molecule has 1 amide bonds. The van der Waals surface area contributed by atoms with Gasteiger partial charge in [0.25, 0.3) is 0 Å². The van der Waals surface area contributed by atoms with Gasteiger partial charge < -0.3 is 5.32 Å². The van der Waals surface area contributed by atoms with Crippen molar-refractivity contribution < 1.29 is 4.79 Å². The van der Waals surface area contributed by atoms with Crippen LogP contribution in [0.3, 0.4) is 0 Å². The largest absolute Gasteiger partial charge is 0.359 e. The highest BCUT2D eigenvalue weighted by atomic mass is 16.1. The molecule has 0 spiro atoms. The van der Waals surface area contributed by atoms with Crippen molar-refractivity contribution in [2.45, 2.75) is 19.3 Å². The summed E-state index contributed by atoms with van der Waals surface area (Å²) in [6.45, 7) is 0.760. The first-order chi connectivity index (χ1) is 6.43. The molecular weight excluding hydrogens is 164 g/mol. The number of unbranched alkanes of at least 4 members (excludes halogenated alkanes) is 1. The Bertz CT molecular complexity index is 236. The number of rotatable bonds is 6. The molecule has 0 aliphatic carbocycles. The summed E-state index contributed by atoms with van der Waals surface area (Å²) in [5.41, 5.74) is 1.12. The Labute approximate surface area is 78.2 Å². The molecule has 3 nitrogen and oxygen atoms in total. The van der Waals surface area contributed by atoms with Crippen LogP contribution in [0.2, 0.25) is 0 Å². The lowest BCUT2D eigenvalue weighted by Crippen LogP contribution is -2.12. The van der Waals surface area contributed by atoms with Gasteiger partial charge in [-0.1, -0.05) is 6.07 Å². The molecular formula is C10H14N2O. The fourth-order valence-corrected chi connectivity index (χ4v) is 1.14. The minimum atomic E-state index is 0.737. The second-order valence-electron chi connectivity index (χ2n) is 2.85. The predicted molar refractivity (Wildman–Crippen MR) is 51.2 cm³/mol. The highest BCUT2D eigenvalue weighted by Gasteiger charge is 1.92. The van der Waals surface area contributed by atoms with E-state index in [-0.39, 0.29) is 0 Å². The first kappa shape index (κ1) is 9.71. The summed E-state index contributed by atoms with van der Waals surface area (Å²) in [5, 5.41) is 2.63. The quantitative estimate of drug-likeness (QED) is 0.524. The molecule has 0 saturated heterocycles. The van der Waals surface area contributed by atoms with Crippen molar-refractivity contribution in [3.8, 4) is 0 Å². The van der Waals surface area contributed by atoms with Crippen molar-refractivity contribution in [3.05, 3.63) is 30.1 Å². The summed E-state index contributed by atoms with van der Waals surface area (Å²) in [7, 11) is 0. The molecule has 1 heterocycles. The lowest BCUT2D eigenvalue weighted by atomic mass is 10.2. The molecule has 3 heteroatoms. The van der Waals surface area contributed by atoms with Gasteiger partial charge in [0.2, 0.25) is 6.41 Å². The molecule has 0 aliphatic rings. The zero-order valence-electron chi connectivity index (χ0n) is 7.57. The van der Waals surface area contributed by atoms with E-state index < -0.39 is 0 Å². The Kier molecular flexibility index (Phi) is 4.61. The maximum Gasteiger partial charge on any atom is 0.207 e. The molecule has 0 unspecified atom stereocenters. The number of nitrogens with zero attached hydrogens (tertiary/aromatic N) is 1. The lowest BCUT2D eigenvalue weighted by Gasteiger charge is -1.99. The van der Waals surface area contributed by atoms with Crippen LogP contribution in [0, 0.1) is 0 Å². The van der Waals surface area contributed by atoms with Crippen LogP contribution < -0.4 is 5.32 Å². The average molecular weight is 178 g/mol. The van der Waals surface area contributed by atoms with Crippen LogP contribution in [0.25, 0.3) is 0 Å². The molecule has 1 N–H and O–H groups in total. The molecule has 0 aromatic carbocycles.